The largest absolute Gasteiger partial charge is 0.344 e. The van der Waals surface area contributed by atoms with E-state index in [2.05, 4.69) is 43.3 Å². The first-order chi connectivity index (χ1) is 14.9. The van der Waals surface area contributed by atoms with Crippen molar-refractivity contribution >= 4 is 34.4 Å². The third-order valence-corrected chi connectivity index (χ3v) is 4.95. The lowest BCUT2D eigenvalue weighted by Crippen LogP contribution is -2.47. The van der Waals surface area contributed by atoms with Gasteiger partial charge in [-0.1, -0.05) is 30.0 Å². The molecule has 8 nitrogen and oxygen atoms in total. The summed E-state index contributed by atoms with van der Waals surface area (Å²) in [5, 5.41) is 6.74. The number of anilines is 2. The maximum absolute atomic E-state index is 12.3. The van der Waals surface area contributed by atoms with Crippen molar-refractivity contribution < 1.29 is 9.59 Å². The zero-order valence-corrected chi connectivity index (χ0v) is 17.2. The Morgan fingerprint density at radius 3 is 2.74 bits per heavy atom. The van der Waals surface area contributed by atoms with E-state index in [0.717, 1.165) is 22.2 Å². The minimum absolute atomic E-state index is 0.146. The van der Waals surface area contributed by atoms with E-state index < -0.39 is 11.5 Å². The molecule has 1 fully saturated rings. The van der Waals surface area contributed by atoms with Gasteiger partial charge in [0.15, 0.2) is 0 Å². The molecule has 0 aliphatic carbocycles. The average Bonchev–Trinajstić information content (AvgIpc) is 3.04. The van der Waals surface area contributed by atoms with E-state index in [-0.39, 0.29) is 18.4 Å². The van der Waals surface area contributed by atoms with Crippen LogP contribution in [0.5, 0.6) is 0 Å². The first-order valence-corrected chi connectivity index (χ1v) is 9.85. The van der Waals surface area contributed by atoms with Gasteiger partial charge >= 0.3 is 0 Å². The molecule has 2 amide bonds. The van der Waals surface area contributed by atoms with Crippen LogP contribution in [0.4, 0.5) is 11.6 Å². The summed E-state index contributed by atoms with van der Waals surface area (Å²) in [6.45, 7) is 3.73. The van der Waals surface area contributed by atoms with E-state index in [1.54, 1.807) is 20.0 Å². The molecule has 156 valence electrons. The number of rotatable bonds is 4. The maximum Gasteiger partial charge on any atom is 0.248 e. The highest BCUT2D eigenvalue weighted by atomic mass is 16.2. The summed E-state index contributed by atoms with van der Waals surface area (Å²) in [4.78, 5) is 33.0. The number of hydrogen-bond donors (Lipinski definition) is 4. The van der Waals surface area contributed by atoms with Gasteiger partial charge in [0.1, 0.15) is 5.92 Å². The predicted molar refractivity (Wildman–Crippen MR) is 118 cm³/mol. The van der Waals surface area contributed by atoms with Crippen LogP contribution in [0.3, 0.4) is 0 Å². The van der Waals surface area contributed by atoms with Crippen molar-refractivity contribution in [3.8, 4) is 11.8 Å². The van der Waals surface area contributed by atoms with Crippen molar-refractivity contribution in [2.24, 2.45) is 5.92 Å². The monoisotopic (exact) mass is 414 g/mol. The van der Waals surface area contributed by atoms with E-state index in [1.807, 2.05) is 48.5 Å². The molecule has 1 unspecified atom stereocenters. The molecular formula is C23H22N6O2. The number of para-hydroxylation sites is 1. The summed E-state index contributed by atoms with van der Waals surface area (Å²) in [6.07, 6.45) is 1.74. The van der Waals surface area contributed by atoms with Gasteiger partial charge in [-0.05, 0) is 44.2 Å². The zero-order valence-electron chi connectivity index (χ0n) is 17.2. The Morgan fingerprint density at radius 1 is 1.19 bits per heavy atom. The van der Waals surface area contributed by atoms with E-state index >= 15 is 0 Å². The second-order valence-electron chi connectivity index (χ2n) is 7.75. The number of fused-ring (bicyclic) bond motifs is 1. The van der Waals surface area contributed by atoms with Crippen LogP contribution in [0.1, 0.15) is 19.4 Å². The highest BCUT2D eigenvalue weighted by Crippen LogP contribution is 2.21. The van der Waals surface area contributed by atoms with Gasteiger partial charge in [-0.15, -0.1) is 0 Å². The highest BCUT2D eigenvalue weighted by molar-refractivity contribution is 6.03. The van der Waals surface area contributed by atoms with Gasteiger partial charge in [-0.2, -0.15) is 0 Å². The molecule has 1 aliphatic heterocycles. The molecule has 0 bridgehead atoms. The number of hydrazine groups is 1. The van der Waals surface area contributed by atoms with Gasteiger partial charge in [-0.3, -0.25) is 15.0 Å². The molecular weight excluding hydrogens is 392 g/mol. The van der Waals surface area contributed by atoms with Gasteiger partial charge in [-0.25, -0.2) is 15.4 Å². The summed E-state index contributed by atoms with van der Waals surface area (Å²) < 4.78 is 0. The molecule has 8 heteroatoms. The van der Waals surface area contributed by atoms with E-state index in [0.29, 0.717) is 5.95 Å². The lowest BCUT2D eigenvalue weighted by Gasteiger charge is -2.22. The van der Waals surface area contributed by atoms with Crippen LogP contribution < -0.4 is 21.5 Å². The number of benzene rings is 2. The highest BCUT2D eigenvalue weighted by Gasteiger charge is 2.45. The fraction of sp³-hybridized carbons (Fsp3) is 0.217. The molecule has 1 atom stereocenters. The predicted octanol–water partition coefficient (Wildman–Crippen LogP) is 1.87. The van der Waals surface area contributed by atoms with Gasteiger partial charge in [0.05, 0.1) is 17.6 Å². The maximum atomic E-state index is 12.3. The first kappa shape index (κ1) is 20.3. The lowest BCUT2D eigenvalue weighted by atomic mass is 9.88. The van der Waals surface area contributed by atoms with E-state index in [4.69, 9.17) is 0 Å². The third-order valence-electron chi connectivity index (χ3n) is 4.95. The Hall–Kier alpha value is -3.96. The van der Waals surface area contributed by atoms with Crippen molar-refractivity contribution in [2.75, 3.05) is 11.9 Å². The Morgan fingerprint density at radius 2 is 2.00 bits per heavy atom. The molecule has 0 saturated carbocycles. The Kier molecular flexibility index (Phi) is 5.52. The number of aromatic nitrogens is 2. The Balaban J connectivity index is 1.39. The van der Waals surface area contributed by atoms with Crippen LogP contribution in [0.15, 0.2) is 54.7 Å². The van der Waals surface area contributed by atoms with Gasteiger partial charge in [0.2, 0.25) is 17.8 Å². The summed E-state index contributed by atoms with van der Waals surface area (Å²) >= 11 is 0. The summed E-state index contributed by atoms with van der Waals surface area (Å²) in [5.41, 5.74) is 7.16. The number of amides is 2. The van der Waals surface area contributed by atoms with Crippen molar-refractivity contribution in [1.29, 1.82) is 0 Å². The number of hydrogen-bond acceptors (Lipinski definition) is 6. The molecule has 1 aliphatic rings. The lowest BCUT2D eigenvalue weighted by molar-refractivity contribution is -0.134. The fourth-order valence-corrected chi connectivity index (χ4v) is 3.34. The third kappa shape index (κ3) is 4.63. The van der Waals surface area contributed by atoms with Crippen molar-refractivity contribution in [3.05, 3.63) is 60.3 Å². The number of nitrogens with zero attached hydrogens (tertiary/aromatic N) is 2. The molecule has 4 rings (SSSR count). The molecule has 2 heterocycles. The van der Waals surface area contributed by atoms with Crippen LogP contribution in [0.2, 0.25) is 0 Å². The molecule has 1 saturated heterocycles. The standard InChI is InChI=1S/C23H22N6O2/c1-23(2)19(21(31)28-29-23)20(30)24-12-6-7-15-10-11-18-16(13-15)14-25-22(27-18)26-17-8-4-3-5-9-17/h3-5,8-11,13-14,19,29H,12H2,1-2H3,(H,24,30)(H,28,31)(H,25,26,27). The van der Waals surface area contributed by atoms with Crippen molar-refractivity contribution in [1.82, 2.24) is 26.1 Å². The van der Waals surface area contributed by atoms with E-state index in [9.17, 15) is 9.59 Å². The first-order valence-electron chi connectivity index (χ1n) is 9.85. The molecule has 0 spiro atoms. The Labute approximate surface area is 179 Å². The molecule has 4 N–H and O–H groups in total. The fourth-order valence-electron chi connectivity index (χ4n) is 3.34. The van der Waals surface area contributed by atoms with Crippen LogP contribution >= 0.6 is 0 Å². The summed E-state index contributed by atoms with van der Waals surface area (Å²) in [6, 6.07) is 15.4. The van der Waals surface area contributed by atoms with Crippen LogP contribution in [0.25, 0.3) is 10.9 Å². The van der Waals surface area contributed by atoms with Gasteiger partial charge in [0, 0.05) is 22.8 Å². The minimum Gasteiger partial charge on any atom is -0.344 e. The van der Waals surface area contributed by atoms with Crippen molar-refractivity contribution in [3.63, 3.8) is 0 Å². The molecule has 3 aromatic rings. The van der Waals surface area contributed by atoms with Crippen molar-refractivity contribution in [2.45, 2.75) is 19.4 Å². The topological polar surface area (TPSA) is 108 Å². The minimum atomic E-state index is -0.800. The van der Waals surface area contributed by atoms with Gasteiger partial charge in [0.25, 0.3) is 0 Å². The SMILES string of the molecule is CC1(C)NNC(=O)C1C(=O)NCC#Cc1ccc2nc(Nc3ccccc3)ncc2c1. The molecule has 1 aromatic heterocycles. The zero-order chi connectivity index (χ0) is 21.8. The number of nitrogens with one attached hydrogen (secondary N) is 4. The summed E-state index contributed by atoms with van der Waals surface area (Å²) in [5.74, 6) is 4.96. The number of carbonyl (C=O) groups excluding carboxylic acids is 2. The van der Waals surface area contributed by atoms with Crippen LogP contribution in [-0.2, 0) is 9.59 Å². The van der Waals surface area contributed by atoms with Crippen LogP contribution in [0, 0.1) is 17.8 Å². The second-order valence-corrected chi connectivity index (χ2v) is 7.75. The average molecular weight is 414 g/mol. The quantitative estimate of drug-likeness (QED) is 0.384. The number of carbonyl (C=O) groups is 2. The molecule has 31 heavy (non-hydrogen) atoms. The summed E-state index contributed by atoms with van der Waals surface area (Å²) in [7, 11) is 0. The normalized spacial score (nSPS) is 16.8. The van der Waals surface area contributed by atoms with Gasteiger partial charge < -0.3 is 10.6 Å². The van der Waals surface area contributed by atoms with Crippen LogP contribution in [-0.4, -0.2) is 33.9 Å². The Bertz CT molecular complexity index is 1200. The smallest absolute Gasteiger partial charge is 0.248 e. The molecule has 0 radical (unpaired) electrons. The van der Waals surface area contributed by atoms with E-state index in [1.165, 1.54) is 0 Å². The second kappa shape index (κ2) is 8.42. The molecule has 2 aromatic carbocycles.